The number of rotatable bonds is 3. The minimum Gasteiger partial charge on any atom is -0.854 e. The Balaban J connectivity index is 2.05. The summed E-state index contributed by atoms with van der Waals surface area (Å²) in [6.07, 6.45) is -0.502. The first kappa shape index (κ1) is 17.9. The summed E-state index contributed by atoms with van der Waals surface area (Å²) in [5.41, 5.74) is 1.80. The molecule has 0 saturated carbocycles. The summed E-state index contributed by atoms with van der Waals surface area (Å²) in [5.74, 6) is 0.330. The molecule has 138 valence electrons. The van der Waals surface area contributed by atoms with Crippen LogP contribution in [0.3, 0.4) is 0 Å². The quantitative estimate of drug-likeness (QED) is 0.501. The van der Waals surface area contributed by atoms with Gasteiger partial charge in [-0.25, -0.2) is 9.88 Å². The number of carbonyl (C=O) groups is 1. The number of thioether (sulfide) groups is 1. The number of thiophene rings is 1. The van der Waals surface area contributed by atoms with Gasteiger partial charge in [-0.1, -0.05) is 35.5 Å². The maximum absolute atomic E-state index is 12.9. The van der Waals surface area contributed by atoms with Crippen LogP contribution >= 0.6 is 23.1 Å². The maximum Gasteiger partial charge on any atom is 0.302 e. The molecule has 0 bridgehead atoms. The number of amides is 1. The fourth-order valence-electron chi connectivity index (χ4n) is 3.32. The Morgan fingerprint density at radius 2 is 2.11 bits per heavy atom. The average molecular weight is 399 g/mol. The van der Waals surface area contributed by atoms with Crippen LogP contribution in [-0.2, 0) is 4.79 Å². The van der Waals surface area contributed by atoms with Crippen molar-refractivity contribution >= 4 is 34.7 Å². The van der Waals surface area contributed by atoms with Gasteiger partial charge in [-0.15, -0.1) is 11.3 Å². The average Bonchev–Trinajstić information content (AvgIpc) is 3.06. The molecule has 2 aromatic heterocycles. The number of carbonyl (C=O) groups excluding carboxylic acids is 1. The molecule has 0 aliphatic carbocycles. The van der Waals surface area contributed by atoms with Gasteiger partial charge in [0.1, 0.15) is 0 Å². The van der Waals surface area contributed by atoms with Crippen molar-refractivity contribution in [2.75, 3.05) is 10.7 Å². The highest BCUT2D eigenvalue weighted by atomic mass is 32.2. The van der Waals surface area contributed by atoms with E-state index in [-0.39, 0.29) is 11.8 Å². The lowest BCUT2D eigenvalue weighted by Crippen LogP contribution is -2.58. The molecule has 0 N–H and O–H groups in total. The first-order valence-corrected chi connectivity index (χ1v) is 10.4. The fourth-order valence-corrected chi connectivity index (χ4v) is 4.82. The number of aryl methyl sites for hydroxylation is 1. The van der Waals surface area contributed by atoms with Crippen LogP contribution in [0.4, 0.5) is 5.69 Å². The van der Waals surface area contributed by atoms with Gasteiger partial charge in [0.25, 0.3) is 10.9 Å². The van der Waals surface area contributed by atoms with E-state index in [1.807, 2.05) is 50.2 Å². The molecule has 1 atom stereocenters. The number of para-hydroxylation sites is 1. The minimum atomic E-state index is -0.502. The van der Waals surface area contributed by atoms with E-state index in [1.165, 1.54) is 18.7 Å². The van der Waals surface area contributed by atoms with E-state index < -0.39 is 6.17 Å². The van der Waals surface area contributed by atoms with Gasteiger partial charge < -0.3 is 5.11 Å². The van der Waals surface area contributed by atoms with Crippen LogP contribution in [0.5, 0.6) is 5.88 Å². The predicted molar refractivity (Wildman–Crippen MR) is 104 cm³/mol. The third kappa shape index (κ3) is 2.98. The second-order valence-corrected chi connectivity index (χ2v) is 8.70. The van der Waals surface area contributed by atoms with Crippen LogP contribution in [0.2, 0.25) is 0 Å². The Morgan fingerprint density at radius 1 is 1.33 bits per heavy atom. The smallest absolute Gasteiger partial charge is 0.302 e. The maximum atomic E-state index is 12.9. The Hall–Kier alpha value is -2.45. The zero-order chi connectivity index (χ0) is 19.1. The monoisotopic (exact) mass is 398 g/mol. The van der Waals surface area contributed by atoms with Gasteiger partial charge in [0, 0.05) is 16.9 Å². The molecule has 6 nitrogen and oxygen atoms in total. The largest absolute Gasteiger partial charge is 0.854 e. The van der Waals surface area contributed by atoms with Crippen molar-refractivity contribution in [3.8, 4) is 17.1 Å². The first-order chi connectivity index (χ1) is 13.0. The second-order valence-electron chi connectivity index (χ2n) is 6.15. The molecular formula is C19H18N4O2S2. The molecule has 27 heavy (non-hydrogen) atoms. The standard InChI is InChI=1S/C19H18N4O2S2/c1-4-26-19-20-17(25)16-13-7-5-6-8-14(13)22(12(3)24)18(23(16)21-19)15-10-9-11(2)27-15/h5-10,18H,4H2,1-3H3. The van der Waals surface area contributed by atoms with Crippen molar-refractivity contribution in [1.82, 2.24) is 10.1 Å². The molecule has 0 saturated heterocycles. The van der Waals surface area contributed by atoms with E-state index >= 15 is 0 Å². The summed E-state index contributed by atoms with van der Waals surface area (Å²) in [4.78, 5) is 20.6. The van der Waals surface area contributed by atoms with Gasteiger partial charge >= 0.3 is 6.17 Å². The number of hydrogen-bond acceptors (Lipinski definition) is 6. The lowest BCUT2D eigenvalue weighted by Gasteiger charge is -2.32. The van der Waals surface area contributed by atoms with Gasteiger partial charge in [0.05, 0.1) is 22.0 Å². The Bertz CT molecular complexity index is 1030. The Labute approximate surface area is 165 Å². The molecule has 0 spiro atoms. The van der Waals surface area contributed by atoms with Crippen molar-refractivity contribution in [3.05, 3.63) is 46.2 Å². The zero-order valence-electron chi connectivity index (χ0n) is 15.2. The topological polar surface area (TPSA) is 73.0 Å². The van der Waals surface area contributed by atoms with E-state index in [2.05, 4.69) is 10.1 Å². The van der Waals surface area contributed by atoms with Crippen molar-refractivity contribution in [2.24, 2.45) is 0 Å². The first-order valence-electron chi connectivity index (χ1n) is 8.60. The van der Waals surface area contributed by atoms with E-state index in [1.54, 1.807) is 20.9 Å². The van der Waals surface area contributed by atoms with E-state index in [0.717, 1.165) is 15.5 Å². The Morgan fingerprint density at radius 3 is 2.78 bits per heavy atom. The molecule has 0 radical (unpaired) electrons. The van der Waals surface area contributed by atoms with Crippen molar-refractivity contribution in [3.63, 3.8) is 0 Å². The summed E-state index contributed by atoms with van der Waals surface area (Å²) in [7, 11) is 0. The summed E-state index contributed by atoms with van der Waals surface area (Å²) in [6.45, 7) is 5.54. The number of fused-ring (bicyclic) bond motifs is 3. The molecule has 1 amide bonds. The molecule has 4 rings (SSSR count). The normalized spacial score (nSPS) is 15.4. The van der Waals surface area contributed by atoms with Gasteiger partial charge in [0.15, 0.2) is 0 Å². The number of anilines is 1. The van der Waals surface area contributed by atoms with Gasteiger partial charge in [-0.2, -0.15) is 0 Å². The summed E-state index contributed by atoms with van der Waals surface area (Å²) in [5, 5.41) is 18.0. The lowest BCUT2D eigenvalue weighted by molar-refractivity contribution is -0.763. The number of benzene rings is 1. The number of nitrogens with zero attached hydrogens (tertiary/aromatic N) is 4. The van der Waals surface area contributed by atoms with E-state index in [0.29, 0.717) is 22.1 Å². The summed E-state index contributed by atoms with van der Waals surface area (Å²) in [6, 6.07) is 11.4. The highest BCUT2D eigenvalue weighted by molar-refractivity contribution is 7.99. The molecule has 1 aliphatic rings. The number of aromatic nitrogens is 3. The van der Waals surface area contributed by atoms with Crippen molar-refractivity contribution < 1.29 is 14.6 Å². The van der Waals surface area contributed by atoms with Gasteiger partial charge in [-0.3, -0.25) is 4.79 Å². The van der Waals surface area contributed by atoms with Crippen molar-refractivity contribution in [1.29, 1.82) is 0 Å². The highest BCUT2D eigenvalue weighted by Gasteiger charge is 2.44. The summed E-state index contributed by atoms with van der Waals surface area (Å²) < 4.78 is 1.67. The van der Waals surface area contributed by atoms with Crippen LogP contribution in [0.1, 0.15) is 29.8 Å². The zero-order valence-corrected chi connectivity index (χ0v) is 16.8. The van der Waals surface area contributed by atoms with Crippen LogP contribution in [0.25, 0.3) is 11.3 Å². The van der Waals surface area contributed by atoms with E-state index in [9.17, 15) is 9.90 Å². The highest BCUT2D eigenvalue weighted by Crippen LogP contribution is 2.41. The van der Waals surface area contributed by atoms with Crippen LogP contribution in [0.15, 0.2) is 41.6 Å². The molecular weight excluding hydrogens is 380 g/mol. The molecule has 8 heteroatoms. The predicted octanol–water partition coefficient (Wildman–Crippen LogP) is 2.90. The molecule has 0 fully saturated rings. The van der Waals surface area contributed by atoms with Crippen LogP contribution in [-0.4, -0.2) is 21.7 Å². The molecule has 1 aromatic carbocycles. The molecule has 3 aromatic rings. The van der Waals surface area contributed by atoms with Crippen LogP contribution < -0.4 is 14.7 Å². The van der Waals surface area contributed by atoms with E-state index in [4.69, 9.17) is 0 Å². The lowest BCUT2D eigenvalue weighted by atomic mass is 10.0. The second kappa shape index (κ2) is 6.94. The molecule has 1 aliphatic heterocycles. The third-order valence-electron chi connectivity index (χ3n) is 4.35. The van der Waals surface area contributed by atoms with Crippen molar-refractivity contribution in [2.45, 2.75) is 32.1 Å². The molecule has 1 unspecified atom stereocenters. The van der Waals surface area contributed by atoms with Gasteiger partial charge in [-0.05, 0) is 36.9 Å². The third-order valence-corrected chi connectivity index (χ3v) is 6.11. The SMILES string of the molecule is CCSc1nc([O-])c2[n+](n1)C(c1ccc(C)s1)N(C(C)=O)c1ccccc1-2. The minimum absolute atomic E-state index is 0.104. The summed E-state index contributed by atoms with van der Waals surface area (Å²) >= 11 is 3.01. The number of hydrogen-bond donors (Lipinski definition) is 0. The van der Waals surface area contributed by atoms with Gasteiger partial charge in [0.2, 0.25) is 5.91 Å². The fraction of sp³-hybridized carbons (Fsp3) is 0.263. The Kier molecular flexibility index (Phi) is 4.61. The van der Waals surface area contributed by atoms with Crippen LogP contribution in [0, 0.1) is 6.92 Å². The molecule has 3 heterocycles.